The molecule has 1 amide bonds. The summed E-state index contributed by atoms with van der Waals surface area (Å²) in [6.07, 6.45) is 0.0725. The molecule has 0 aromatic rings. The quantitative estimate of drug-likeness (QED) is 0.329. The van der Waals surface area contributed by atoms with Crippen LogP contribution in [-0.2, 0) is 28.7 Å². The summed E-state index contributed by atoms with van der Waals surface area (Å²) in [6.45, 7) is 0.0580. The van der Waals surface area contributed by atoms with Crippen LogP contribution in [0.25, 0.3) is 0 Å². The lowest BCUT2D eigenvalue weighted by Gasteiger charge is -2.18. The Bertz CT molecular complexity index is 281. The lowest BCUT2D eigenvalue weighted by Crippen LogP contribution is -2.35. The first-order valence-electron chi connectivity index (χ1n) is 4.92. The van der Waals surface area contributed by atoms with Crippen molar-refractivity contribution in [2.75, 3.05) is 27.3 Å². The van der Waals surface area contributed by atoms with E-state index in [1.807, 2.05) is 0 Å². The van der Waals surface area contributed by atoms with Gasteiger partial charge in [0.2, 0.25) is 6.29 Å². The standard InChI is InChI=1S/C10H15NO6/c1-16-9(14)3-5-11(8(13)7-12)6-4-10(15)17-2/h7H,3-6H2,1-2H3. The molecule has 0 atom stereocenters. The van der Waals surface area contributed by atoms with Gasteiger partial charge in [-0.15, -0.1) is 0 Å². The Labute approximate surface area is 98.7 Å². The summed E-state index contributed by atoms with van der Waals surface area (Å²) < 4.78 is 8.81. The number of hydrogen-bond acceptors (Lipinski definition) is 6. The molecule has 7 heteroatoms. The molecular weight excluding hydrogens is 230 g/mol. The molecule has 0 radical (unpaired) electrons. The molecule has 0 aliphatic carbocycles. The van der Waals surface area contributed by atoms with Gasteiger partial charge < -0.3 is 14.4 Å². The summed E-state index contributed by atoms with van der Waals surface area (Å²) in [7, 11) is 2.45. The van der Waals surface area contributed by atoms with Crippen LogP contribution in [0.2, 0.25) is 0 Å². The van der Waals surface area contributed by atoms with Crippen molar-refractivity contribution in [1.82, 2.24) is 4.90 Å². The van der Waals surface area contributed by atoms with Crippen LogP contribution in [0.15, 0.2) is 0 Å². The van der Waals surface area contributed by atoms with Crippen molar-refractivity contribution in [2.45, 2.75) is 12.8 Å². The highest BCUT2D eigenvalue weighted by atomic mass is 16.5. The minimum absolute atomic E-state index is 0.0290. The number of carbonyl (C=O) groups excluding carboxylic acids is 4. The molecule has 0 N–H and O–H groups in total. The van der Waals surface area contributed by atoms with Crippen LogP contribution in [-0.4, -0.2) is 56.3 Å². The SMILES string of the molecule is COC(=O)CCN(CCC(=O)OC)C(=O)C=O. The number of aldehydes is 1. The molecule has 0 unspecified atom stereocenters. The Morgan fingerprint density at radius 1 is 1.00 bits per heavy atom. The van der Waals surface area contributed by atoms with Gasteiger partial charge in [-0.05, 0) is 0 Å². The second-order valence-corrected chi connectivity index (χ2v) is 3.10. The molecule has 0 aromatic carbocycles. The maximum atomic E-state index is 11.2. The second-order valence-electron chi connectivity index (χ2n) is 3.10. The van der Waals surface area contributed by atoms with E-state index in [1.165, 1.54) is 14.2 Å². The minimum Gasteiger partial charge on any atom is -0.469 e. The molecular formula is C10H15NO6. The monoisotopic (exact) mass is 245 g/mol. The van der Waals surface area contributed by atoms with Crippen LogP contribution in [0.4, 0.5) is 0 Å². The number of nitrogens with zero attached hydrogens (tertiary/aromatic N) is 1. The Morgan fingerprint density at radius 2 is 1.41 bits per heavy atom. The molecule has 0 aliphatic heterocycles. The summed E-state index contributed by atoms with van der Waals surface area (Å²) in [6, 6.07) is 0. The Morgan fingerprint density at radius 3 is 1.71 bits per heavy atom. The molecule has 0 saturated carbocycles. The lowest BCUT2D eigenvalue weighted by molar-refractivity contribution is -0.144. The van der Waals surface area contributed by atoms with Crippen LogP contribution >= 0.6 is 0 Å². The molecule has 0 aliphatic rings. The fraction of sp³-hybridized carbons (Fsp3) is 0.600. The van der Waals surface area contributed by atoms with Gasteiger partial charge in [-0.3, -0.25) is 19.2 Å². The van der Waals surface area contributed by atoms with E-state index in [2.05, 4.69) is 9.47 Å². The third-order valence-corrected chi connectivity index (χ3v) is 2.04. The average Bonchev–Trinajstić information content (AvgIpc) is 2.36. The summed E-state index contributed by atoms with van der Waals surface area (Å²) in [5.74, 6) is -1.77. The highest BCUT2D eigenvalue weighted by Crippen LogP contribution is 1.97. The maximum absolute atomic E-state index is 11.2. The first-order valence-corrected chi connectivity index (χ1v) is 4.92. The summed E-state index contributed by atoms with van der Waals surface area (Å²) in [5.41, 5.74) is 0. The van der Waals surface area contributed by atoms with Gasteiger partial charge in [0.05, 0.1) is 27.1 Å². The van der Waals surface area contributed by atoms with Crippen LogP contribution in [0.5, 0.6) is 0 Å². The number of rotatable bonds is 7. The summed E-state index contributed by atoms with van der Waals surface area (Å²) in [4.78, 5) is 44.4. The lowest BCUT2D eigenvalue weighted by atomic mass is 10.3. The van der Waals surface area contributed by atoms with Gasteiger partial charge in [-0.1, -0.05) is 0 Å². The fourth-order valence-electron chi connectivity index (χ4n) is 1.06. The fourth-order valence-corrected chi connectivity index (χ4v) is 1.06. The van der Waals surface area contributed by atoms with Crippen molar-refractivity contribution < 1.29 is 28.7 Å². The van der Waals surface area contributed by atoms with Crippen molar-refractivity contribution in [2.24, 2.45) is 0 Å². The number of carbonyl (C=O) groups is 4. The minimum atomic E-state index is -0.780. The third-order valence-electron chi connectivity index (χ3n) is 2.04. The molecule has 0 spiro atoms. The van der Waals surface area contributed by atoms with E-state index < -0.39 is 17.8 Å². The number of hydrogen-bond donors (Lipinski definition) is 0. The van der Waals surface area contributed by atoms with E-state index in [1.54, 1.807) is 0 Å². The van der Waals surface area contributed by atoms with Gasteiger partial charge >= 0.3 is 11.9 Å². The summed E-state index contributed by atoms with van der Waals surface area (Å²) in [5, 5.41) is 0. The van der Waals surface area contributed by atoms with E-state index in [9.17, 15) is 19.2 Å². The first-order chi connectivity index (χ1) is 8.04. The second kappa shape index (κ2) is 8.26. The zero-order valence-corrected chi connectivity index (χ0v) is 9.80. The number of ether oxygens (including phenoxy) is 2. The molecule has 7 nitrogen and oxygen atoms in total. The van der Waals surface area contributed by atoms with Crippen molar-refractivity contribution >= 4 is 24.1 Å². The Balaban J connectivity index is 4.24. The normalized spacial score (nSPS) is 9.29. The highest BCUT2D eigenvalue weighted by molar-refractivity contribution is 6.23. The molecule has 0 saturated heterocycles. The average molecular weight is 245 g/mol. The highest BCUT2D eigenvalue weighted by Gasteiger charge is 2.15. The van der Waals surface area contributed by atoms with Crippen molar-refractivity contribution in [3.8, 4) is 0 Å². The molecule has 0 heterocycles. The van der Waals surface area contributed by atoms with E-state index >= 15 is 0 Å². The number of methoxy groups -OCH3 is 2. The molecule has 17 heavy (non-hydrogen) atoms. The van der Waals surface area contributed by atoms with Gasteiger partial charge in [-0.25, -0.2) is 0 Å². The Hall–Kier alpha value is -1.92. The van der Waals surface area contributed by atoms with Gasteiger partial charge in [0.1, 0.15) is 0 Å². The van der Waals surface area contributed by atoms with E-state index in [-0.39, 0.29) is 32.2 Å². The first kappa shape index (κ1) is 15.1. The van der Waals surface area contributed by atoms with E-state index in [0.717, 1.165) is 4.90 Å². The zero-order chi connectivity index (χ0) is 13.3. The van der Waals surface area contributed by atoms with Crippen LogP contribution in [0, 0.1) is 0 Å². The molecule has 0 bridgehead atoms. The Kier molecular flexibility index (Phi) is 7.32. The van der Waals surface area contributed by atoms with Crippen LogP contribution in [0.3, 0.4) is 0 Å². The third kappa shape index (κ3) is 6.29. The van der Waals surface area contributed by atoms with Crippen LogP contribution in [0.1, 0.15) is 12.8 Å². The van der Waals surface area contributed by atoms with E-state index in [0.29, 0.717) is 0 Å². The predicted octanol–water partition coefficient (Wildman–Crippen LogP) is -0.860. The van der Waals surface area contributed by atoms with Crippen molar-refractivity contribution in [3.63, 3.8) is 0 Å². The van der Waals surface area contributed by atoms with Crippen LogP contribution < -0.4 is 0 Å². The smallest absolute Gasteiger partial charge is 0.307 e. The predicted molar refractivity (Wildman–Crippen MR) is 55.9 cm³/mol. The van der Waals surface area contributed by atoms with Crippen molar-refractivity contribution in [3.05, 3.63) is 0 Å². The zero-order valence-electron chi connectivity index (χ0n) is 9.80. The number of esters is 2. The van der Waals surface area contributed by atoms with Gasteiger partial charge in [0.15, 0.2) is 0 Å². The molecule has 0 fully saturated rings. The topological polar surface area (TPSA) is 90.0 Å². The maximum Gasteiger partial charge on any atom is 0.307 e. The van der Waals surface area contributed by atoms with Gasteiger partial charge in [0.25, 0.3) is 5.91 Å². The number of amides is 1. The van der Waals surface area contributed by atoms with Gasteiger partial charge in [-0.2, -0.15) is 0 Å². The van der Waals surface area contributed by atoms with E-state index in [4.69, 9.17) is 0 Å². The largest absolute Gasteiger partial charge is 0.469 e. The van der Waals surface area contributed by atoms with Crippen molar-refractivity contribution in [1.29, 1.82) is 0 Å². The molecule has 0 rings (SSSR count). The van der Waals surface area contributed by atoms with Gasteiger partial charge in [0, 0.05) is 13.1 Å². The molecule has 96 valence electrons. The summed E-state index contributed by atoms with van der Waals surface area (Å²) >= 11 is 0. The molecule has 0 aromatic heterocycles.